The highest BCUT2D eigenvalue weighted by Gasteiger charge is 2.19. The van der Waals surface area contributed by atoms with E-state index in [1.807, 2.05) is 61.5 Å². The number of nitrogens with zero attached hydrogens (tertiary/aromatic N) is 1. The molecule has 274 valence electrons. The molecular formula is C43H58Cl4N2O. The first-order valence-corrected chi connectivity index (χ1v) is 18.8. The smallest absolute Gasteiger partial charge is 0.251 e. The third-order valence-electron chi connectivity index (χ3n) is 7.77. The topological polar surface area (TPSA) is 32.3 Å². The van der Waals surface area contributed by atoms with Gasteiger partial charge in [0, 0.05) is 38.7 Å². The third kappa shape index (κ3) is 16.2. The molecule has 0 radical (unpaired) electrons. The first kappa shape index (κ1) is 45.5. The van der Waals surface area contributed by atoms with Crippen molar-refractivity contribution in [2.75, 3.05) is 27.2 Å². The number of aryl methyl sites for hydroxylation is 1. The zero-order chi connectivity index (χ0) is 38.2. The molecule has 4 aromatic carbocycles. The molecule has 0 aliphatic carbocycles. The number of rotatable bonds is 7. The van der Waals surface area contributed by atoms with Gasteiger partial charge in [-0.3, -0.25) is 4.79 Å². The number of likely N-dealkylation sites (N-methyl/N-ethyl adjacent to an activating group) is 1. The molecule has 0 aliphatic heterocycles. The maximum absolute atomic E-state index is 12.0. The summed E-state index contributed by atoms with van der Waals surface area (Å²) in [4.78, 5) is 14.1. The van der Waals surface area contributed by atoms with Crippen LogP contribution in [0.1, 0.15) is 118 Å². The van der Waals surface area contributed by atoms with Crippen molar-refractivity contribution >= 4 is 52.3 Å². The highest BCUT2D eigenvalue weighted by molar-refractivity contribution is 6.36. The second-order valence-electron chi connectivity index (χ2n) is 14.5. The van der Waals surface area contributed by atoms with Crippen LogP contribution < -0.4 is 5.32 Å². The molecule has 0 aliphatic rings. The zero-order valence-electron chi connectivity index (χ0n) is 32.1. The lowest BCUT2D eigenvalue weighted by molar-refractivity contribution is 0.0951. The molecule has 0 saturated carbocycles. The van der Waals surface area contributed by atoms with Gasteiger partial charge < -0.3 is 10.2 Å². The van der Waals surface area contributed by atoms with Crippen molar-refractivity contribution in [3.63, 3.8) is 0 Å². The highest BCUT2D eigenvalue weighted by Crippen LogP contribution is 2.31. The van der Waals surface area contributed by atoms with E-state index in [1.54, 1.807) is 12.1 Å². The minimum atomic E-state index is -0.0724. The van der Waals surface area contributed by atoms with Gasteiger partial charge in [0.1, 0.15) is 0 Å². The van der Waals surface area contributed by atoms with Gasteiger partial charge in [0.05, 0.1) is 0 Å². The van der Waals surface area contributed by atoms with E-state index < -0.39 is 0 Å². The Morgan fingerprint density at radius 3 is 1.54 bits per heavy atom. The van der Waals surface area contributed by atoms with Crippen molar-refractivity contribution in [2.45, 2.75) is 92.4 Å². The Bertz CT molecular complexity index is 1500. The van der Waals surface area contributed by atoms with E-state index in [0.29, 0.717) is 34.9 Å². The van der Waals surface area contributed by atoms with Gasteiger partial charge in [0.2, 0.25) is 0 Å². The standard InChI is InChI=1S/C15H23ClN2O.C10H13Cl.C9H10Cl2.C9H12/c1-15(2,3)12-10-11(6-7-13(12)16)14(19)17-8-9-18(4)5;1-7(2)10-8(3)5-4-6-9(10)11;1-6(2)9-7(10)4-3-5-8(9)11;1-8(2)9-6-4-3-5-7-9/h6-7,10H,8-9H2,1-5H3,(H,17,19);4-7H,1-3H3;3-6H,1-2H3;3-8H,1-2H3. The molecular weight excluding hydrogens is 702 g/mol. The Labute approximate surface area is 323 Å². The van der Waals surface area contributed by atoms with Crippen LogP contribution >= 0.6 is 46.4 Å². The van der Waals surface area contributed by atoms with Crippen molar-refractivity contribution in [2.24, 2.45) is 0 Å². The quantitative estimate of drug-likeness (QED) is 0.203. The fourth-order valence-corrected chi connectivity index (χ4v) is 6.69. The summed E-state index contributed by atoms with van der Waals surface area (Å²) < 4.78 is 0. The third-order valence-corrected chi connectivity index (χ3v) is 9.09. The summed E-state index contributed by atoms with van der Waals surface area (Å²) in [6, 6.07) is 27.6. The van der Waals surface area contributed by atoms with E-state index in [0.717, 1.165) is 32.7 Å². The Hall–Kier alpha value is -2.53. The van der Waals surface area contributed by atoms with Gasteiger partial charge in [-0.25, -0.2) is 0 Å². The predicted molar refractivity (Wildman–Crippen MR) is 222 cm³/mol. The molecule has 4 aromatic rings. The summed E-state index contributed by atoms with van der Waals surface area (Å²) in [5, 5.41) is 6.01. The fraction of sp³-hybridized carbons (Fsp3) is 0.419. The molecule has 1 N–H and O–H groups in total. The molecule has 4 rings (SSSR count). The minimum absolute atomic E-state index is 0.0518. The van der Waals surface area contributed by atoms with Gasteiger partial charge in [-0.2, -0.15) is 0 Å². The molecule has 7 heteroatoms. The summed E-state index contributed by atoms with van der Waals surface area (Å²) in [7, 11) is 3.96. The van der Waals surface area contributed by atoms with Crippen molar-refractivity contribution in [1.29, 1.82) is 0 Å². The molecule has 0 bridgehead atoms. The van der Waals surface area contributed by atoms with E-state index in [9.17, 15) is 4.79 Å². The van der Waals surface area contributed by atoms with Crippen LogP contribution in [-0.4, -0.2) is 38.0 Å². The van der Waals surface area contributed by atoms with Crippen LogP contribution in [0.3, 0.4) is 0 Å². The first-order valence-electron chi connectivity index (χ1n) is 17.2. The summed E-state index contributed by atoms with van der Waals surface area (Å²) >= 11 is 24.1. The van der Waals surface area contributed by atoms with Gasteiger partial charge >= 0.3 is 0 Å². The number of nitrogens with one attached hydrogen (secondary N) is 1. The van der Waals surface area contributed by atoms with Gasteiger partial charge in [0.25, 0.3) is 5.91 Å². The maximum atomic E-state index is 12.0. The lowest BCUT2D eigenvalue weighted by Gasteiger charge is -2.21. The zero-order valence-corrected chi connectivity index (χ0v) is 35.1. The van der Waals surface area contributed by atoms with E-state index in [2.05, 4.69) is 105 Å². The van der Waals surface area contributed by atoms with Crippen LogP contribution in [0.5, 0.6) is 0 Å². The van der Waals surface area contributed by atoms with Crippen LogP contribution in [0.25, 0.3) is 0 Å². The molecule has 0 spiro atoms. The van der Waals surface area contributed by atoms with Gasteiger partial charge in [-0.15, -0.1) is 0 Å². The number of amides is 1. The van der Waals surface area contributed by atoms with Crippen LogP contribution in [0.15, 0.2) is 84.9 Å². The van der Waals surface area contributed by atoms with Crippen LogP contribution in [0, 0.1) is 6.92 Å². The number of halogens is 4. The van der Waals surface area contributed by atoms with Crippen LogP contribution in [0.2, 0.25) is 20.1 Å². The average Bonchev–Trinajstić information content (AvgIpc) is 3.01. The molecule has 1 amide bonds. The number of hydrogen-bond donors (Lipinski definition) is 1. The molecule has 0 unspecified atom stereocenters. The molecule has 0 aromatic heterocycles. The Morgan fingerprint density at radius 2 is 1.16 bits per heavy atom. The minimum Gasteiger partial charge on any atom is -0.351 e. The average molecular weight is 761 g/mol. The number of hydrogen-bond acceptors (Lipinski definition) is 2. The van der Waals surface area contributed by atoms with E-state index in [1.165, 1.54) is 16.7 Å². The highest BCUT2D eigenvalue weighted by atomic mass is 35.5. The maximum Gasteiger partial charge on any atom is 0.251 e. The lowest BCUT2D eigenvalue weighted by Crippen LogP contribution is -2.31. The molecule has 50 heavy (non-hydrogen) atoms. The molecule has 3 nitrogen and oxygen atoms in total. The van der Waals surface area contributed by atoms with Crippen molar-refractivity contribution in [3.05, 3.63) is 138 Å². The molecule has 0 heterocycles. The normalized spacial score (nSPS) is 11.0. The number of carbonyl (C=O) groups excluding carboxylic acids is 1. The Kier molecular flexibility index (Phi) is 20.4. The fourth-order valence-electron chi connectivity index (χ4n) is 5.01. The summed E-state index contributed by atoms with van der Waals surface area (Å²) in [5.74, 6) is 1.51. The Balaban J connectivity index is 0.000000349. The van der Waals surface area contributed by atoms with Crippen LogP contribution in [0.4, 0.5) is 0 Å². The molecule has 0 fully saturated rings. The van der Waals surface area contributed by atoms with Gasteiger partial charge in [0.15, 0.2) is 0 Å². The molecule has 0 saturated heterocycles. The van der Waals surface area contributed by atoms with E-state index >= 15 is 0 Å². The lowest BCUT2D eigenvalue weighted by atomic mass is 9.86. The number of carbonyl (C=O) groups is 1. The van der Waals surface area contributed by atoms with E-state index in [-0.39, 0.29) is 11.3 Å². The van der Waals surface area contributed by atoms with E-state index in [4.69, 9.17) is 46.4 Å². The van der Waals surface area contributed by atoms with Crippen molar-refractivity contribution in [3.8, 4) is 0 Å². The predicted octanol–water partition coefficient (Wildman–Crippen LogP) is 13.6. The number of benzene rings is 4. The SMILES string of the molecule is CC(C)c1c(Cl)cccc1Cl.CC(C)c1ccccc1.CN(C)CCNC(=O)c1ccc(Cl)c(C(C)(C)C)c1.Cc1cccc(Cl)c1C(C)C. The van der Waals surface area contributed by atoms with Crippen molar-refractivity contribution < 1.29 is 4.79 Å². The monoisotopic (exact) mass is 758 g/mol. The van der Waals surface area contributed by atoms with Gasteiger partial charge in [-0.1, -0.05) is 157 Å². The second kappa shape index (κ2) is 22.4. The van der Waals surface area contributed by atoms with Crippen molar-refractivity contribution in [1.82, 2.24) is 10.2 Å². The summed E-state index contributed by atoms with van der Waals surface area (Å²) in [6.45, 7) is 22.7. The largest absolute Gasteiger partial charge is 0.351 e. The second-order valence-corrected chi connectivity index (χ2v) is 16.1. The Morgan fingerprint density at radius 1 is 0.660 bits per heavy atom. The molecule has 0 atom stereocenters. The summed E-state index contributed by atoms with van der Waals surface area (Å²) in [6.07, 6.45) is 0. The van der Waals surface area contributed by atoms with Gasteiger partial charge in [-0.05, 0) is 108 Å². The van der Waals surface area contributed by atoms with Crippen LogP contribution in [-0.2, 0) is 5.41 Å². The first-order chi connectivity index (χ1) is 23.3. The summed E-state index contributed by atoms with van der Waals surface area (Å²) in [5.41, 5.74) is 6.59.